The third-order valence-corrected chi connectivity index (χ3v) is 7.64. The van der Waals surface area contributed by atoms with Crippen LogP contribution >= 0.6 is 15.9 Å². The molecule has 2 aromatic rings. The van der Waals surface area contributed by atoms with Gasteiger partial charge in [0, 0.05) is 9.89 Å². The van der Waals surface area contributed by atoms with E-state index >= 15 is 0 Å². The first-order chi connectivity index (χ1) is 16.5. The molecule has 3 rings (SSSR count). The first-order valence-corrected chi connectivity index (χ1v) is 14.2. The lowest BCUT2D eigenvalue weighted by molar-refractivity contribution is 0.278. The van der Waals surface area contributed by atoms with E-state index in [9.17, 15) is 0 Å². The largest absolute Gasteiger partial charge is 0.631 e. The van der Waals surface area contributed by atoms with Crippen LogP contribution in [-0.4, -0.2) is 22.4 Å². The van der Waals surface area contributed by atoms with Crippen LogP contribution in [0.4, 0.5) is 0 Å². The Balaban J connectivity index is 0.000000945. The fourth-order valence-electron chi connectivity index (χ4n) is 5.51. The first-order valence-electron chi connectivity index (χ1n) is 13.4. The minimum Gasteiger partial charge on any atom is -0.402 e. The summed E-state index contributed by atoms with van der Waals surface area (Å²) in [6.45, 7) is 4.61. The standard InChI is InChI=1S/C29H41Br.BH3O3/c1-3-5-7-9-11-15-21-29(22-16-12-10-8-6-4-2)27-18-14-13-17-25(27)26-20-19-24(30)23-28(26)29;2-1(3)4/h13-14,17-20,23H,3-12,15-16,21-22H2,1-2H3;2-4H. The lowest BCUT2D eigenvalue weighted by Gasteiger charge is -2.33. The molecule has 0 saturated carbocycles. The molecular formula is C29H44BBrO3. The molecule has 0 unspecified atom stereocenters. The molecule has 0 bridgehead atoms. The van der Waals surface area contributed by atoms with Gasteiger partial charge in [-0.05, 0) is 47.2 Å². The Morgan fingerprint density at radius 3 is 1.68 bits per heavy atom. The van der Waals surface area contributed by atoms with Gasteiger partial charge in [0.15, 0.2) is 0 Å². The molecule has 5 heteroatoms. The van der Waals surface area contributed by atoms with E-state index in [0.717, 1.165) is 0 Å². The molecule has 0 amide bonds. The second kappa shape index (κ2) is 15.8. The highest BCUT2D eigenvalue weighted by Gasteiger charge is 2.41. The Labute approximate surface area is 216 Å². The second-order valence-corrected chi connectivity index (χ2v) is 10.6. The highest BCUT2D eigenvalue weighted by Crippen LogP contribution is 2.54. The van der Waals surface area contributed by atoms with Gasteiger partial charge in [-0.15, -0.1) is 0 Å². The average Bonchev–Trinajstić information content (AvgIpc) is 3.07. The van der Waals surface area contributed by atoms with Gasteiger partial charge in [-0.3, -0.25) is 0 Å². The van der Waals surface area contributed by atoms with Crippen LogP contribution in [0.25, 0.3) is 11.1 Å². The Morgan fingerprint density at radius 1 is 0.647 bits per heavy atom. The van der Waals surface area contributed by atoms with Crippen LogP contribution < -0.4 is 0 Å². The van der Waals surface area contributed by atoms with Crippen LogP contribution in [0.3, 0.4) is 0 Å². The molecule has 0 aliphatic heterocycles. The highest BCUT2D eigenvalue weighted by molar-refractivity contribution is 9.10. The van der Waals surface area contributed by atoms with E-state index in [2.05, 4.69) is 72.2 Å². The summed E-state index contributed by atoms with van der Waals surface area (Å²) in [7, 11) is -2.17. The number of benzene rings is 2. The maximum Gasteiger partial charge on any atom is 0.631 e. The van der Waals surface area contributed by atoms with Crippen LogP contribution in [0.1, 0.15) is 115 Å². The fourth-order valence-corrected chi connectivity index (χ4v) is 5.87. The molecule has 0 atom stereocenters. The van der Waals surface area contributed by atoms with Gasteiger partial charge in [0.2, 0.25) is 0 Å². The van der Waals surface area contributed by atoms with E-state index in [1.165, 1.54) is 105 Å². The summed E-state index contributed by atoms with van der Waals surface area (Å²) in [4.78, 5) is 0. The number of unbranched alkanes of at least 4 members (excludes halogenated alkanes) is 10. The van der Waals surface area contributed by atoms with Crippen molar-refractivity contribution in [3.05, 3.63) is 58.1 Å². The predicted octanol–water partition coefficient (Wildman–Crippen LogP) is 8.17. The summed E-state index contributed by atoms with van der Waals surface area (Å²) in [5, 5.41) is 21.5. The van der Waals surface area contributed by atoms with Gasteiger partial charge in [-0.1, -0.05) is 137 Å². The minimum absolute atomic E-state index is 0.214. The van der Waals surface area contributed by atoms with Crippen molar-refractivity contribution >= 4 is 23.3 Å². The quantitative estimate of drug-likeness (QED) is 0.170. The molecule has 2 aromatic carbocycles. The van der Waals surface area contributed by atoms with Crippen molar-refractivity contribution in [2.75, 3.05) is 0 Å². The summed E-state index contributed by atoms with van der Waals surface area (Å²) >= 11 is 3.78. The molecule has 1 aliphatic carbocycles. The molecule has 0 spiro atoms. The Kier molecular flexibility index (Phi) is 13.5. The van der Waals surface area contributed by atoms with Crippen molar-refractivity contribution in [2.45, 2.75) is 109 Å². The monoisotopic (exact) mass is 530 g/mol. The molecule has 3 nitrogen and oxygen atoms in total. The molecule has 0 radical (unpaired) electrons. The molecule has 188 valence electrons. The van der Waals surface area contributed by atoms with Crippen LogP contribution in [0, 0.1) is 0 Å². The van der Waals surface area contributed by atoms with Crippen molar-refractivity contribution in [1.29, 1.82) is 0 Å². The summed E-state index contributed by atoms with van der Waals surface area (Å²) in [6, 6.07) is 16.3. The number of fused-ring (bicyclic) bond motifs is 3. The van der Waals surface area contributed by atoms with Gasteiger partial charge in [-0.2, -0.15) is 0 Å². The predicted molar refractivity (Wildman–Crippen MR) is 149 cm³/mol. The zero-order valence-electron chi connectivity index (χ0n) is 21.2. The zero-order chi connectivity index (χ0) is 24.8. The van der Waals surface area contributed by atoms with Gasteiger partial charge < -0.3 is 15.1 Å². The van der Waals surface area contributed by atoms with Gasteiger partial charge in [0.1, 0.15) is 0 Å². The second-order valence-electron chi connectivity index (χ2n) is 9.70. The summed E-state index contributed by atoms with van der Waals surface area (Å²) in [6.07, 6.45) is 19.1. The maximum absolute atomic E-state index is 7.17. The van der Waals surface area contributed by atoms with Gasteiger partial charge in [-0.25, -0.2) is 0 Å². The van der Waals surface area contributed by atoms with E-state index in [1.807, 2.05) is 0 Å². The number of hydrogen-bond donors (Lipinski definition) is 3. The lowest BCUT2D eigenvalue weighted by atomic mass is 9.70. The lowest BCUT2D eigenvalue weighted by Crippen LogP contribution is -2.25. The molecule has 1 aliphatic rings. The highest BCUT2D eigenvalue weighted by atomic mass is 79.9. The Hall–Kier alpha value is -1.14. The molecule has 0 saturated heterocycles. The van der Waals surface area contributed by atoms with E-state index in [1.54, 1.807) is 11.1 Å². The molecular weight excluding hydrogens is 487 g/mol. The minimum atomic E-state index is -2.17. The van der Waals surface area contributed by atoms with Crippen molar-refractivity contribution in [1.82, 2.24) is 0 Å². The van der Waals surface area contributed by atoms with E-state index in [0.29, 0.717) is 0 Å². The smallest absolute Gasteiger partial charge is 0.402 e. The van der Waals surface area contributed by atoms with E-state index in [4.69, 9.17) is 15.1 Å². The first kappa shape index (κ1) is 29.1. The maximum atomic E-state index is 7.17. The third kappa shape index (κ3) is 8.51. The van der Waals surface area contributed by atoms with Gasteiger partial charge in [0.25, 0.3) is 0 Å². The van der Waals surface area contributed by atoms with Crippen LogP contribution in [0.15, 0.2) is 46.9 Å². The summed E-state index contributed by atoms with van der Waals surface area (Å²) in [5.74, 6) is 0. The summed E-state index contributed by atoms with van der Waals surface area (Å²) < 4.78 is 1.23. The normalized spacial score (nSPS) is 13.1. The fraction of sp³-hybridized carbons (Fsp3) is 0.586. The van der Waals surface area contributed by atoms with Crippen molar-refractivity contribution in [2.24, 2.45) is 0 Å². The molecule has 34 heavy (non-hydrogen) atoms. The molecule has 0 fully saturated rings. The van der Waals surface area contributed by atoms with Crippen molar-refractivity contribution in [3.63, 3.8) is 0 Å². The van der Waals surface area contributed by atoms with E-state index < -0.39 is 7.32 Å². The third-order valence-electron chi connectivity index (χ3n) is 7.14. The molecule has 0 heterocycles. The Morgan fingerprint density at radius 2 is 1.12 bits per heavy atom. The van der Waals surface area contributed by atoms with Crippen molar-refractivity contribution in [3.8, 4) is 11.1 Å². The number of rotatable bonds is 14. The van der Waals surface area contributed by atoms with E-state index in [-0.39, 0.29) is 5.41 Å². The van der Waals surface area contributed by atoms with Gasteiger partial charge in [0.05, 0.1) is 0 Å². The zero-order valence-corrected chi connectivity index (χ0v) is 22.8. The van der Waals surface area contributed by atoms with Crippen LogP contribution in [0.2, 0.25) is 0 Å². The van der Waals surface area contributed by atoms with Gasteiger partial charge >= 0.3 is 7.32 Å². The average molecular weight is 531 g/mol. The summed E-state index contributed by atoms with van der Waals surface area (Å²) in [5.41, 5.74) is 6.36. The number of halogens is 1. The topological polar surface area (TPSA) is 60.7 Å². The van der Waals surface area contributed by atoms with Crippen LogP contribution in [0.5, 0.6) is 0 Å². The Bertz CT molecular complexity index is 821. The van der Waals surface area contributed by atoms with Crippen LogP contribution in [-0.2, 0) is 5.41 Å². The molecule has 3 N–H and O–H groups in total. The van der Waals surface area contributed by atoms with Crippen molar-refractivity contribution < 1.29 is 15.1 Å². The molecule has 0 aromatic heterocycles. The number of hydrogen-bond acceptors (Lipinski definition) is 3. The SMILES string of the molecule is CCCCCCCCC1(CCCCCCCC)c2ccccc2-c2ccc(Br)cc21.OB(O)O.